The Morgan fingerprint density at radius 2 is 1.63 bits per heavy atom. The summed E-state index contributed by atoms with van der Waals surface area (Å²) >= 11 is 0. The Balaban J connectivity index is 0.000000402. The number of hydrogen-bond donors (Lipinski definition) is 6. The van der Waals surface area contributed by atoms with Crippen molar-refractivity contribution in [2.75, 3.05) is 40.8 Å². The molecule has 6 N–H and O–H groups in total. The molecule has 0 bridgehead atoms. The van der Waals surface area contributed by atoms with Gasteiger partial charge in [-0.15, -0.1) is 6.58 Å². The van der Waals surface area contributed by atoms with E-state index in [0.717, 1.165) is 54.4 Å². The molecular formula is C47H70N6O7. The normalized spacial score (nSPS) is 17.8. The third kappa shape index (κ3) is 17.3. The standard InChI is InChI=1S/C16H13NO2.C11H16N2O3.C10H20N2O.C4H5NO.C4H10.C2H6/c1-19-12-7-8-13-15(9-12)17-14(10-16(13)18)11-5-3-2-4-6-11;1-2-8-7-11(8,9(14)15)12-10(16)13-5-3-4-6-13;1-11-9(10(13)12-2)8-6-4-3-5-7-8;1-2-5-3-4-6;1-4(2)3;1-2/h2-10H,1H3,(H,17,18);2,8H,1,3-7H2,(H,12,16)(H,14,15);8-9,11H,3-7H2,1-2H3,(H,12,13);1,4-5H,3H2;4H,1-3H3;1-2H3. The predicted molar refractivity (Wildman–Crippen MR) is 243 cm³/mol. The van der Waals surface area contributed by atoms with Crippen LogP contribution < -0.4 is 31.4 Å². The summed E-state index contributed by atoms with van der Waals surface area (Å²) in [7, 11) is 5.18. The van der Waals surface area contributed by atoms with Crippen molar-refractivity contribution in [3.63, 3.8) is 0 Å². The summed E-state index contributed by atoms with van der Waals surface area (Å²) in [6.07, 6.45) is 15.7. The van der Waals surface area contributed by atoms with Gasteiger partial charge >= 0.3 is 12.0 Å². The van der Waals surface area contributed by atoms with Gasteiger partial charge in [-0.05, 0) is 68.7 Å². The number of carbonyl (C=O) groups excluding carboxylic acids is 3. The summed E-state index contributed by atoms with van der Waals surface area (Å²) in [6.45, 7) is 15.8. The highest BCUT2D eigenvalue weighted by atomic mass is 16.5. The van der Waals surface area contributed by atoms with Crippen molar-refractivity contribution in [2.45, 2.75) is 97.6 Å². The summed E-state index contributed by atoms with van der Waals surface area (Å²) in [5.74, 6) is 1.13. The molecule has 2 saturated carbocycles. The highest BCUT2D eigenvalue weighted by molar-refractivity contribution is 5.90. The smallest absolute Gasteiger partial charge is 0.330 e. The number of carboxylic acids is 1. The number of aromatic nitrogens is 1. The number of aliphatic carboxylic acids is 1. The van der Waals surface area contributed by atoms with E-state index in [0.29, 0.717) is 24.0 Å². The zero-order valence-corrected chi connectivity index (χ0v) is 37.1. The van der Waals surface area contributed by atoms with E-state index in [1.807, 2.05) is 57.3 Å². The molecule has 6 rings (SSSR count). The molecule has 3 unspecified atom stereocenters. The number of aromatic amines is 1. The lowest BCUT2D eigenvalue weighted by Crippen LogP contribution is -2.50. The first-order chi connectivity index (χ1) is 28.8. The number of likely N-dealkylation sites (tertiary alicyclic amines) is 1. The number of nitrogens with zero attached hydrogens (tertiary/aromatic N) is 1. The minimum Gasteiger partial charge on any atom is -0.497 e. The molecule has 3 aliphatic rings. The molecule has 60 heavy (non-hydrogen) atoms. The molecule has 3 amide bonds. The number of H-pyrrole nitrogens is 1. The second kappa shape index (κ2) is 28.8. The van der Waals surface area contributed by atoms with Gasteiger partial charge in [0.25, 0.3) is 0 Å². The minimum absolute atomic E-state index is 0.00950. The van der Waals surface area contributed by atoms with Crippen LogP contribution in [0.2, 0.25) is 0 Å². The van der Waals surface area contributed by atoms with Crippen LogP contribution in [0.15, 0.2) is 72.0 Å². The second-order valence-corrected chi connectivity index (χ2v) is 15.0. The number of benzene rings is 2. The highest BCUT2D eigenvalue weighted by Gasteiger charge is 2.60. The number of methoxy groups -OCH3 is 1. The first-order valence-electron chi connectivity index (χ1n) is 21.0. The Morgan fingerprint density at radius 1 is 1.02 bits per heavy atom. The molecule has 2 aliphatic carbocycles. The first-order valence-corrected chi connectivity index (χ1v) is 21.0. The summed E-state index contributed by atoms with van der Waals surface area (Å²) in [4.78, 5) is 60.8. The van der Waals surface area contributed by atoms with Crippen LogP contribution in [-0.4, -0.2) is 91.6 Å². The maximum absolute atomic E-state index is 12.1. The maximum atomic E-state index is 12.1. The number of urea groups is 1. The number of carboxylic acid groups (broad SMARTS) is 1. The van der Waals surface area contributed by atoms with Gasteiger partial charge in [-0.25, -0.2) is 9.59 Å². The lowest BCUT2D eigenvalue weighted by atomic mass is 9.83. The SMILES string of the molecule is C#CNCC=O.C=CC1CC1(NC(=O)N1CCCC1)C(=O)O.CC.CC(C)C.CNC(=O)C(NC)C1CCCCC1.COc1ccc2c(=O)cc(-c3ccccc3)[nH]c2c1. The number of ether oxygens (including phenoxy) is 1. The van der Waals surface area contributed by atoms with E-state index in [1.54, 1.807) is 43.3 Å². The zero-order valence-electron chi connectivity index (χ0n) is 37.1. The molecule has 13 nitrogen and oxygen atoms in total. The molecule has 2 aromatic carbocycles. The van der Waals surface area contributed by atoms with Gasteiger partial charge < -0.3 is 45.8 Å². The molecule has 3 aromatic rings. The van der Waals surface area contributed by atoms with Crippen molar-refractivity contribution >= 4 is 35.1 Å². The monoisotopic (exact) mass is 831 g/mol. The van der Waals surface area contributed by atoms with Crippen molar-refractivity contribution < 1.29 is 29.0 Å². The van der Waals surface area contributed by atoms with Gasteiger partial charge in [0.1, 0.15) is 17.6 Å². The third-order valence-electron chi connectivity index (χ3n) is 9.77. The van der Waals surface area contributed by atoms with Gasteiger partial charge in [-0.2, -0.15) is 0 Å². The molecule has 3 fully saturated rings. The molecule has 13 heteroatoms. The van der Waals surface area contributed by atoms with Gasteiger partial charge in [-0.1, -0.05) is 96.7 Å². The fraction of sp³-hybridized carbons (Fsp3) is 0.511. The summed E-state index contributed by atoms with van der Waals surface area (Å²) in [6, 6.07) is 18.7. The Kier molecular flexibility index (Phi) is 25.1. The highest BCUT2D eigenvalue weighted by Crippen LogP contribution is 2.44. The average Bonchev–Trinajstić information content (AvgIpc) is 3.70. The molecular weight excluding hydrogens is 761 g/mol. The van der Waals surface area contributed by atoms with Crippen LogP contribution >= 0.6 is 0 Å². The van der Waals surface area contributed by atoms with Crippen LogP contribution in [0.1, 0.15) is 86.0 Å². The summed E-state index contributed by atoms with van der Waals surface area (Å²) in [5, 5.41) is 20.6. The van der Waals surface area contributed by atoms with E-state index in [4.69, 9.17) is 16.3 Å². The predicted octanol–water partition coefficient (Wildman–Crippen LogP) is 6.98. The number of amides is 3. The van der Waals surface area contributed by atoms with E-state index in [2.05, 4.69) is 59.6 Å². The van der Waals surface area contributed by atoms with E-state index in [9.17, 15) is 24.0 Å². The number of pyridine rings is 1. The Hall–Kier alpha value is -5.61. The lowest BCUT2D eigenvalue weighted by Gasteiger charge is -2.28. The van der Waals surface area contributed by atoms with Crippen molar-refractivity contribution in [3.8, 4) is 29.5 Å². The molecule has 2 heterocycles. The topological polar surface area (TPSA) is 182 Å². The maximum Gasteiger partial charge on any atom is 0.330 e. The second-order valence-electron chi connectivity index (χ2n) is 15.0. The average molecular weight is 831 g/mol. The van der Waals surface area contributed by atoms with E-state index < -0.39 is 11.5 Å². The van der Waals surface area contributed by atoms with Crippen molar-refractivity contribution in [1.29, 1.82) is 0 Å². The molecule has 0 spiro atoms. The lowest BCUT2D eigenvalue weighted by molar-refractivity contribution is -0.140. The number of fused-ring (bicyclic) bond motifs is 1. The molecule has 3 atom stereocenters. The Morgan fingerprint density at radius 3 is 2.10 bits per heavy atom. The van der Waals surface area contributed by atoms with Gasteiger partial charge in [0.05, 0.1) is 25.2 Å². The molecule has 1 saturated heterocycles. The Labute approximate surface area is 357 Å². The molecule has 330 valence electrons. The number of carbonyl (C=O) groups is 4. The van der Waals surface area contributed by atoms with Crippen LogP contribution in [0.5, 0.6) is 5.75 Å². The zero-order chi connectivity index (χ0) is 45.1. The minimum atomic E-state index is -1.10. The van der Waals surface area contributed by atoms with Gasteiger partial charge in [0.2, 0.25) is 5.91 Å². The Bertz CT molecular complexity index is 1840. The quantitative estimate of drug-likeness (QED) is 0.0413. The van der Waals surface area contributed by atoms with Gasteiger partial charge in [-0.3, -0.25) is 9.59 Å². The fourth-order valence-electron chi connectivity index (χ4n) is 6.64. The number of likely N-dealkylation sites (N-methyl/N-ethyl adjacent to an activating group) is 2. The van der Waals surface area contributed by atoms with Crippen LogP contribution in [0, 0.1) is 30.2 Å². The van der Waals surface area contributed by atoms with Gasteiger partial charge in [0.15, 0.2) is 5.43 Å². The number of aldehydes is 1. The van der Waals surface area contributed by atoms with Crippen molar-refractivity contribution in [1.82, 2.24) is 31.2 Å². The van der Waals surface area contributed by atoms with Crippen molar-refractivity contribution in [3.05, 3.63) is 77.5 Å². The number of rotatable bonds is 10. The molecule has 1 aromatic heterocycles. The largest absolute Gasteiger partial charge is 0.497 e. The van der Waals surface area contributed by atoms with E-state index >= 15 is 0 Å². The van der Waals surface area contributed by atoms with Gasteiger partial charge in [0, 0.05) is 55.3 Å². The summed E-state index contributed by atoms with van der Waals surface area (Å²) in [5.41, 5.74) is 1.50. The van der Waals surface area contributed by atoms with Crippen molar-refractivity contribution in [2.24, 2.45) is 17.8 Å². The van der Waals surface area contributed by atoms with E-state index in [-0.39, 0.29) is 35.9 Å². The third-order valence-corrected chi connectivity index (χ3v) is 9.77. The summed E-state index contributed by atoms with van der Waals surface area (Å²) < 4.78 is 5.19. The first kappa shape index (κ1) is 52.4. The van der Waals surface area contributed by atoms with Crippen LogP contribution in [-0.2, 0) is 14.4 Å². The number of nitrogens with one attached hydrogen (secondary N) is 5. The van der Waals surface area contributed by atoms with E-state index in [1.165, 1.54) is 32.1 Å². The fourth-order valence-corrected chi connectivity index (χ4v) is 6.64. The van der Waals surface area contributed by atoms with Crippen LogP contribution in [0.4, 0.5) is 4.79 Å². The van der Waals surface area contributed by atoms with Crippen LogP contribution in [0.3, 0.4) is 0 Å². The number of terminal acetylenes is 1. The molecule has 1 aliphatic heterocycles. The number of hydrogen-bond acceptors (Lipinski definition) is 8. The van der Waals surface area contributed by atoms with Crippen LogP contribution in [0.25, 0.3) is 22.2 Å². The molecule has 0 radical (unpaired) electrons.